The van der Waals surface area contributed by atoms with E-state index in [1.807, 2.05) is 30.6 Å². The van der Waals surface area contributed by atoms with E-state index in [0.717, 1.165) is 29.8 Å². The zero-order valence-electron chi connectivity index (χ0n) is 8.58. The molecule has 0 amide bonds. The van der Waals surface area contributed by atoms with E-state index in [1.165, 1.54) is 0 Å². The molecule has 1 aromatic carbocycles. The summed E-state index contributed by atoms with van der Waals surface area (Å²) in [6.45, 7) is 0. The Hall–Kier alpha value is -1.08. The van der Waals surface area contributed by atoms with Crippen LogP contribution in [0.15, 0.2) is 30.3 Å². The van der Waals surface area contributed by atoms with Gasteiger partial charge >= 0.3 is 0 Å². The Kier molecular flexibility index (Phi) is 5.79. The minimum atomic E-state index is 0.550. The molecule has 0 bridgehead atoms. The van der Waals surface area contributed by atoms with Gasteiger partial charge in [-0.05, 0) is 37.0 Å². The third kappa shape index (κ3) is 5.38. The summed E-state index contributed by atoms with van der Waals surface area (Å²) in [5, 5.41) is 0.758. The van der Waals surface area contributed by atoms with Crippen molar-refractivity contribution in [1.82, 2.24) is 0 Å². The Labute approximate surface area is 95.8 Å². The van der Waals surface area contributed by atoms with Crippen molar-refractivity contribution < 1.29 is 4.79 Å². The number of unbranched alkanes of at least 4 members (excludes halogenated alkanes) is 3. The summed E-state index contributed by atoms with van der Waals surface area (Å²) in [5.74, 6) is 0. The maximum atomic E-state index is 9.94. The molecule has 0 aliphatic heterocycles. The van der Waals surface area contributed by atoms with E-state index in [4.69, 9.17) is 11.6 Å². The van der Waals surface area contributed by atoms with Gasteiger partial charge in [0.2, 0.25) is 0 Å². The second-order valence-electron chi connectivity index (χ2n) is 3.34. The highest BCUT2D eigenvalue weighted by Gasteiger charge is 1.88. The molecule has 0 aromatic heterocycles. The molecule has 0 heterocycles. The maximum Gasteiger partial charge on any atom is 0.198 e. The first kappa shape index (κ1) is 12.0. The second-order valence-corrected chi connectivity index (χ2v) is 3.78. The first-order valence-corrected chi connectivity index (χ1v) is 5.48. The number of rotatable bonds is 6. The van der Waals surface area contributed by atoms with E-state index in [2.05, 4.69) is 12.2 Å². The summed E-state index contributed by atoms with van der Waals surface area (Å²) < 4.78 is 0. The van der Waals surface area contributed by atoms with Crippen LogP contribution in [0.5, 0.6) is 0 Å². The largest absolute Gasteiger partial charge is 0.291 e. The van der Waals surface area contributed by atoms with E-state index < -0.39 is 0 Å². The highest BCUT2D eigenvalue weighted by molar-refractivity contribution is 6.30. The normalized spacial score (nSPS) is 10.7. The van der Waals surface area contributed by atoms with Gasteiger partial charge in [0.1, 0.15) is 0 Å². The number of allylic oxidation sites excluding steroid dienone is 1. The van der Waals surface area contributed by atoms with Crippen LogP contribution in [-0.4, -0.2) is 6.29 Å². The van der Waals surface area contributed by atoms with Crippen LogP contribution in [0.4, 0.5) is 0 Å². The maximum absolute atomic E-state index is 9.94. The summed E-state index contributed by atoms with van der Waals surface area (Å²) in [4.78, 5) is 9.94. The lowest BCUT2D eigenvalue weighted by molar-refractivity contribution is 0.547. The van der Waals surface area contributed by atoms with Crippen molar-refractivity contribution in [1.29, 1.82) is 0 Å². The van der Waals surface area contributed by atoms with Crippen molar-refractivity contribution in [3.63, 3.8) is 0 Å². The summed E-state index contributed by atoms with van der Waals surface area (Å²) >= 11 is 5.77. The molecule has 0 unspecified atom stereocenters. The predicted octanol–water partition coefficient (Wildman–Crippen LogP) is 4.02. The first-order valence-electron chi connectivity index (χ1n) is 5.10. The fourth-order valence-corrected chi connectivity index (χ4v) is 1.38. The summed E-state index contributed by atoms with van der Waals surface area (Å²) in [6, 6.07) is 7.72. The number of halogens is 1. The highest BCUT2D eigenvalue weighted by Crippen LogP contribution is 2.11. The van der Waals surface area contributed by atoms with Crippen LogP contribution >= 0.6 is 11.6 Å². The van der Waals surface area contributed by atoms with Crippen LogP contribution in [0.3, 0.4) is 0 Å². The lowest BCUT2D eigenvalue weighted by Crippen LogP contribution is -1.76. The smallest absolute Gasteiger partial charge is 0.198 e. The van der Waals surface area contributed by atoms with Gasteiger partial charge in [-0.2, -0.15) is 0 Å². The van der Waals surface area contributed by atoms with Gasteiger partial charge in [-0.15, -0.1) is 0 Å². The van der Waals surface area contributed by atoms with Gasteiger partial charge in [0.15, 0.2) is 6.29 Å². The molecule has 1 aromatic rings. The Morgan fingerprint density at radius 1 is 1.20 bits per heavy atom. The van der Waals surface area contributed by atoms with E-state index in [9.17, 15) is 4.79 Å². The number of benzene rings is 1. The molecule has 79 valence electrons. The van der Waals surface area contributed by atoms with Crippen LogP contribution in [0.1, 0.15) is 31.2 Å². The Bertz CT molecular complexity index is 314. The summed E-state index contributed by atoms with van der Waals surface area (Å²) in [7, 11) is 0. The molecule has 0 atom stereocenters. The van der Waals surface area contributed by atoms with Gasteiger partial charge in [-0.1, -0.05) is 35.9 Å². The molecule has 0 aliphatic rings. The van der Waals surface area contributed by atoms with E-state index in [0.29, 0.717) is 6.42 Å². The molecule has 0 fully saturated rings. The third-order valence-electron chi connectivity index (χ3n) is 2.08. The molecule has 2 heteroatoms. The predicted molar refractivity (Wildman–Crippen MR) is 64.6 cm³/mol. The second kappa shape index (κ2) is 7.24. The van der Waals surface area contributed by atoms with Crippen LogP contribution in [-0.2, 0) is 4.79 Å². The van der Waals surface area contributed by atoms with Crippen molar-refractivity contribution in [3.05, 3.63) is 40.9 Å². The molecule has 1 rings (SSSR count). The molecule has 0 saturated carbocycles. The zero-order valence-corrected chi connectivity index (χ0v) is 9.33. The molecular formula is C13H14ClO. The van der Waals surface area contributed by atoms with Gasteiger partial charge in [-0.3, -0.25) is 4.79 Å². The fraction of sp³-hybridized carbons (Fsp3) is 0.308. The first-order chi connectivity index (χ1) is 7.33. The molecule has 1 radical (unpaired) electrons. The fourth-order valence-electron chi connectivity index (χ4n) is 1.25. The number of carbonyl (C=O) groups excluding carboxylic acids is 1. The van der Waals surface area contributed by atoms with Crippen LogP contribution in [0.2, 0.25) is 5.02 Å². The summed E-state index contributed by atoms with van der Waals surface area (Å²) in [5.41, 5.74) is 1.15. The monoisotopic (exact) mass is 221 g/mol. The number of hydrogen-bond acceptors (Lipinski definition) is 1. The van der Waals surface area contributed by atoms with Crippen LogP contribution in [0.25, 0.3) is 6.08 Å². The van der Waals surface area contributed by atoms with Crippen molar-refractivity contribution in [2.24, 2.45) is 0 Å². The van der Waals surface area contributed by atoms with Crippen molar-refractivity contribution in [2.45, 2.75) is 25.7 Å². The van der Waals surface area contributed by atoms with Crippen LogP contribution < -0.4 is 0 Å². The minimum absolute atomic E-state index is 0.550. The standard InChI is InChI=1S/C13H14ClO/c14-13-9-7-12(8-10-13)6-4-2-1-3-5-11-15/h4,6-10H,1-3,5H2. The summed E-state index contributed by atoms with van der Waals surface area (Å²) in [6.07, 6.45) is 9.60. The minimum Gasteiger partial charge on any atom is -0.291 e. The molecule has 0 N–H and O–H groups in total. The Morgan fingerprint density at radius 3 is 2.60 bits per heavy atom. The van der Waals surface area contributed by atoms with Crippen LogP contribution in [0, 0.1) is 0 Å². The van der Waals surface area contributed by atoms with Crippen molar-refractivity contribution >= 4 is 24.0 Å². The number of hydrogen-bond donors (Lipinski definition) is 0. The lowest BCUT2D eigenvalue weighted by atomic mass is 10.1. The quantitative estimate of drug-likeness (QED) is 0.663. The van der Waals surface area contributed by atoms with Gasteiger partial charge in [-0.25, -0.2) is 0 Å². The van der Waals surface area contributed by atoms with E-state index in [-0.39, 0.29) is 0 Å². The Morgan fingerprint density at radius 2 is 1.93 bits per heavy atom. The molecule has 0 aliphatic carbocycles. The van der Waals surface area contributed by atoms with Gasteiger partial charge in [0.25, 0.3) is 0 Å². The van der Waals surface area contributed by atoms with Gasteiger partial charge in [0, 0.05) is 11.4 Å². The molecule has 0 spiro atoms. The average Bonchev–Trinajstić information content (AvgIpc) is 2.26. The van der Waals surface area contributed by atoms with Crippen molar-refractivity contribution in [2.75, 3.05) is 0 Å². The molecule has 15 heavy (non-hydrogen) atoms. The van der Waals surface area contributed by atoms with E-state index >= 15 is 0 Å². The molecule has 0 saturated heterocycles. The molecular weight excluding hydrogens is 208 g/mol. The third-order valence-corrected chi connectivity index (χ3v) is 2.33. The lowest BCUT2D eigenvalue weighted by Gasteiger charge is -1.94. The SMILES string of the molecule is O=[C]CCCCC=Cc1ccc(Cl)cc1. The van der Waals surface area contributed by atoms with Gasteiger partial charge in [0.05, 0.1) is 0 Å². The zero-order chi connectivity index (χ0) is 10.9. The van der Waals surface area contributed by atoms with Crippen molar-refractivity contribution in [3.8, 4) is 0 Å². The van der Waals surface area contributed by atoms with E-state index in [1.54, 1.807) is 0 Å². The topological polar surface area (TPSA) is 17.1 Å². The Balaban J connectivity index is 2.25. The van der Waals surface area contributed by atoms with Gasteiger partial charge < -0.3 is 0 Å². The average molecular weight is 222 g/mol. The molecule has 1 nitrogen and oxygen atoms in total. The highest BCUT2D eigenvalue weighted by atomic mass is 35.5.